The van der Waals surface area contributed by atoms with E-state index in [0.29, 0.717) is 24.3 Å². The van der Waals surface area contributed by atoms with Gasteiger partial charge >= 0.3 is 0 Å². The third-order valence-electron chi connectivity index (χ3n) is 4.00. The second-order valence-electron chi connectivity index (χ2n) is 5.40. The van der Waals surface area contributed by atoms with Gasteiger partial charge in [-0.15, -0.1) is 0 Å². The van der Waals surface area contributed by atoms with E-state index in [2.05, 4.69) is 10.3 Å². The average molecular weight is 316 g/mol. The van der Waals surface area contributed by atoms with Gasteiger partial charge in [-0.3, -0.25) is 14.9 Å². The number of ether oxygens (including phenoxy) is 1. The van der Waals surface area contributed by atoms with E-state index >= 15 is 0 Å². The third kappa shape index (κ3) is 3.01. The Morgan fingerprint density at radius 2 is 2.35 bits per heavy atom. The molecule has 3 rings (SSSR count). The summed E-state index contributed by atoms with van der Waals surface area (Å²) in [6.45, 7) is 0.736. The molecule has 120 valence electrons. The summed E-state index contributed by atoms with van der Waals surface area (Å²) in [5.74, 6) is 0.0317. The van der Waals surface area contributed by atoms with Crippen molar-refractivity contribution in [1.82, 2.24) is 9.55 Å². The van der Waals surface area contributed by atoms with E-state index in [4.69, 9.17) is 4.74 Å². The van der Waals surface area contributed by atoms with Crippen LogP contribution in [0.25, 0.3) is 0 Å². The summed E-state index contributed by atoms with van der Waals surface area (Å²) >= 11 is 0. The summed E-state index contributed by atoms with van der Waals surface area (Å²) < 4.78 is 7.19. The van der Waals surface area contributed by atoms with Crippen LogP contribution in [0, 0.1) is 16.0 Å². The molecule has 0 radical (unpaired) electrons. The Kier molecular flexibility index (Phi) is 3.96. The third-order valence-corrected chi connectivity index (χ3v) is 4.00. The van der Waals surface area contributed by atoms with Crippen molar-refractivity contribution in [1.29, 1.82) is 0 Å². The standard InChI is InChI=1S/C15H16N4O4/c1-23-14-3-2-11(19(21)22)7-13(14)17-15(20)10-4-5-18-9-16-8-12(18)6-10/h2-3,7-10H,4-6H2,1H3,(H,17,20). The number of aryl methyl sites for hydroxylation is 1. The van der Waals surface area contributed by atoms with Crippen LogP contribution in [0.4, 0.5) is 11.4 Å². The highest BCUT2D eigenvalue weighted by Gasteiger charge is 2.26. The molecule has 1 atom stereocenters. The highest BCUT2D eigenvalue weighted by Crippen LogP contribution is 2.30. The predicted octanol–water partition coefficient (Wildman–Crippen LogP) is 2.00. The van der Waals surface area contributed by atoms with Crippen LogP contribution in [0.1, 0.15) is 12.1 Å². The topological polar surface area (TPSA) is 99.3 Å². The van der Waals surface area contributed by atoms with Gasteiger partial charge in [0.25, 0.3) is 5.69 Å². The lowest BCUT2D eigenvalue weighted by Gasteiger charge is -2.23. The maximum Gasteiger partial charge on any atom is 0.271 e. The number of non-ortho nitro benzene ring substituents is 1. The summed E-state index contributed by atoms with van der Waals surface area (Å²) in [4.78, 5) is 26.9. The summed E-state index contributed by atoms with van der Waals surface area (Å²) in [5, 5.41) is 13.6. The molecule has 0 spiro atoms. The molecule has 0 aliphatic carbocycles. The van der Waals surface area contributed by atoms with Crippen molar-refractivity contribution in [2.45, 2.75) is 19.4 Å². The van der Waals surface area contributed by atoms with Crippen molar-refractivity contribution < 1.29 is 14.5 Å². The van der Waals surface area contributed by atoms with E-state index in [1.807, 2.05) is 4.57 Å². The highest BCUT2D eigenvalue weighted by atomic mass is 16.6. The number of amides is 1. The zero-order chi connectivity index (χ0) is 16.4. The Hall–Kier alpha value is -2.90. The molecule has 1 N–H and O–H groups in total. The molecular weight excluding hydrogens is 300 g/mol. The molecule has 1 aromatic carbocycles. The smallest absolute Gasteiger partial charge is 0.271 e. The van der Waals surface area contributed by atoms with Crippen LogP contribution in [0.15, 0.2) is 30.7 Å². The fourth-order valence-corrected chi connectivity index (χ4v) is 2.73. The van der Waals surface area contributed by atoms with Crippen molar-refractivity contribution in [3.63, 3.8) is 0 Å². The second-order valence-corrected chi connectivity index (χ2v) is 5.40. The molecule has 1 aromatic heterocycles. The lowest BCUT2D eigenvalue weighted by Crippen LogP contribution is -2.30. The highest BCUT2D eigenvalue weighted by molar-refractivity contribution is 5.94. The van der Waals surface area contributed by atoms with Crippen molar-refractivity contribution in [3.05, 3.63) is 46.5 Å². The number of rotatable bonds is 4. The van der Waals surface area contributed by atoms with Crippen LogP contribution in [0.2, 0.25) is 0 Å². The van der Waals surface area contributed by atoms with E-state index in [1.54, 1.807) is 12.5 Å². The zero-order valence-electron chi connectivity index (χ0n) is 12.6. The SMILES string of the molecule is COc1ccc([N+](=O)[O-])cc1NC(=O)C1CCn2cncc2C1. The monoisotopic (exact) mass is 316 g/mol. The average Bonchev–Trinajstić information content (AvgIpc) is 3.02. The van der Waals surface area contributed by atoms with Gasteiger partial charge in [-0.25, -0.2) is 4.98 Å². The first kappa shape index (κ1) is 15.0. The van der Waals surface area contributed by atoms with Gasteiger partial charge in [0.2, 0.25) is 5.91 Å². The van der Waals surface area contributed by atoms with Crippen molar-refractivity contribution in [2.75, 3.05) is 12.4 Å². The maximum absolute atomic E-state index is 12.5. The quantitative estimate of drug-likeness (QED) is 0.687. The Bertz CT molecular complexity index is 756. The first-order chi connectivity index (χ1) is 11.1. The Labute approximate surface area is 132 Å². The molecule has 1 aliphatic heterocycles. The largest absolute Gasteiger partial charge is 0.495 e. The molecule has 1 unspecified atom stereocenters. The number of benzene rings is 1. The minimum Gasteiger partial charge on any atom is -0.495 e. The summed E-state index contributed by atoms with van der Waals surface area (Å²) in [5.41, 5.74) is 1.23. The van der Waals surface area contributed by atoms with Crippen LogP contribution in [0.3, 0.4) is 0 Å². The molecule has 0 saturated heterocycles. The molecule has 2 aromatic rings. The molecule has 8 heteroatoms. The Morgan fingerprint density at radius 1 is 1.52 bits per heavy atom. The molecule has 1 aliphatic rings. The van der Waals surface area contributed by atoms with E-state index in [-0.39, 0.29) is 17.5 Å². The van der Waals surface area contributed by atoms with E-state index < -0.39 is 4.92 Å². The summed E-state index contributed by atoms with van der Waals surface area (Å²) in [7, 11) is 1.45. The number of anilines is 1. The number of methoxy groups -OCH3 is 1. The maximum atomic E-state index is 12.5. The number of nitro benzene ring substituents is 1. The van der Waals surface area contributed by atoms with Gasteiger partial charge in [0.15, 0.2) is 0 Å². The number of hydrogen-bond donors (Lipinski definition) is 1. The van der Waals surface area contributed by atoms with Gasteiger partial charge in [-0.1, -0.05) is 0 Å². The molecular formula is C15H16N4O4. The second kappa shape index (κ2) is 6.07. The minimum absolute atomic E-state index is 0.0946. The van der Waals surface area contributed by atoms with E-state index in [1.165, 1.54) is 25.3 Å². The fourth-order valence-electron chi connectivity index (χ4n) is 2.73. The summed E-state index contributed by atoms with van der Waals surface area (Å²) in [6, 6.07) is 4.13. The van der Waals surface area contributed by atoms with Gasteiger partial charge in [-0.05, 0) is 12.5 Å². The number of fused-ring (bicyclic) bond motifs is 1. The van der Waals surface area contributed by atoms with Crippen LogP contribution >= 0.6 is 0 Å². The van der Waals surface area contributed by atoms with Crippen LogP contribution in [-0.4, -0.2) is 27.5 Å². The number of nitro groups is 1. The van der Waals surface area contributed by atoms with Gasteiger partial charge in [0, 0.05) is 42.9 Å². The van der Waals surface area contributed by atoms with Crippen LogP contribution in [0.5, 0.6) is 5.75 Å². The fraction of sp³-hybridized carbons (Fsp3) is 0.333. The van der Waals surface area contributed by atoms with Crippen molar-refractivity contribution >= 4 is 17.3 Å². The molecule has 0 saturated carbocycles. The zero-order valence-corrected chi connectivity index (χ0v) is 12.6. The first-order valence-corrected chi connectivity index (χ1v) is 7.21. The van der Waals surface area contributed by atoms with Gasteiger partial charge in [0.1, 0.15) is 5.75 Å². The number of carbonyl (C=O) groups excluding carboxylic acids is 1. The minimum atomic E-state index is -0.506. The molecule has 0 fully saturated rings. The number of nitrogens with one attached hydrogen (secondary N) is 1. The predicted molar refractivity (Wildman–Crippen MR) is 82.3 cm³/mol. The first-order valence-electron chi connectivity index (χ1n) is 7.21. The number of hydrogen-bond acceptors (Lipinski definition) is 5. The van der Waals surface area contributed by atoms with Crippen molar-refractivity contribution in [2.24, 2.45) is 5.92 Å². The number of carbonyl (C=O) groups is 1. The number of imidazole rings is 1. The summed E-state index contributed by atoms with van der Waals surface area (Å²) in [6.07, 6.45) is 4.82. The molecule has 0 bridgehead atoms. The van der Waals surface area contributed by atoms with Gasteiger partial charge < -0.3 is 14.6 Å². The van der Waals surface area contributed by atoms with E-state index in [9.17, 15) is 14.9 Å². The lowest BCUT2D eigenvalue weighted by molar-refractivity contribution is -0.384. The Morgan fingerprint density at radius 3 is 3.09 bits per heavy atom. The molecule has 2 heterocycles. The van der Waals surface area contributed by atoms with Crippen molar-refractivity contribution in [3.8, 4) is 5.75 Å². The van der Waals surface area contributed by atoms with Crippen LogP contribution < -0.4 is 10.1 Å². The number of aromatic nitrogens is 2. The Balaban J connectivity index is 1.77. The molecule has 8 nitrogen and oxygen atoms in total. The van der Waals surface area contributed by atoms with Crippen LogP contribution in [-0.2, 0) is 17.8 Å². The molecule has 23 heavy (non-hydrogen) atoms. The molecule has 1 amide bonds. The lowest BCUT2D eigenvalue weighted by atomic mass is 9.95. The number of nitrogens with zero attached hydrogens (tertiary/aromatic N) is 3. The van der Waals surface area contributed by atoms with Gasteiger partial charge in [-0.2, -0.15) is 0 Å². The van der Waals surface area contributed by atoms with Gasteiger partial charge in [0.05, 0.1) is 24.0 Å². The van der Waals surface area contributed by atoms with E-state index in [0.717, 1.165) is 12.2 Å². The normalized spacial score (nSPS) is 16.5.